The highest BCUT2D eigenvalue weighted by Crippen LogP contribution is 2.49. The van der Waals surface area contributed by atoms with Crippen LogP contribution in [0.4, 0.5) is 8.78 Å². The van der Waals surface area contributed by atoms with Crippen LogP contribution in [-0.2, 0) is 5.60 Å². The van der Waals surface area contributed by atoms with Crippen LogP contribution in [0.15, 0.2) is 18.2 Å². The summed E-state index contributed by atoms with van der Waals surface area (Å²) >= 11 is 1.90. The third-order valence-electron chi connectivity index (χ3n) is 4.02. The zero-order valence-electron chi connectivity index (χ0n) is 10.0. The first-order valence-corrected chi connectivity index (χ1v) is 7.35. The maximum Gasteiger partial charge on any atom is 0.164 e. The molecule has 3 rings (SSSR count). The molecule has 0 saturated carbocycles. The van der Waals surface area contributed by atoms with Gasteiger partial charge in [-0.05, 0) is 31.7 Å². The third kappa shape index (κ3) is 2.05. The van der Waals surface area contributed by atoms with Crippen molar-refractivity contribution in [1.82, 2.24) is 0 Å². The maximum absolute atomic E-state index is 13.9. The van der Waals surface area contributed by atoms with Crippen LogP contribution < -0.4 is 0 Å². The molecule has 1 aromatic rings. The smallest absolute Gasteiger partial charge is 0.164 e. The van der Waals surface area contributed by atoms with Gasteiger partial charge in [0.2, 0.25) is 0 Å². The van der Waals surface area contributed by atoms with Gasteiger partial charge in [-0.1, -0.05) is 18.6 Å². The van der Waals surface area contributed by atoms with Crippen molar-refractivity contribution in [1.29, 1.82) is 0 Å². The summed E-state index contributed by atoms with van der Waals surface area (Å²) in [4.78, 5) is 0. The predicted octanol–water partition coefficient (Wildman–Crippen LogP) is 3.60. The molecule has 0 aromatic heterocycles. The fourth-order valence-corrected chi connectivity index (χ4v) is 5.10. The minimum atomic E-state index is -1.19. The van der Waals surface area contributed by atoms with Gasteiger partial charge in [0.05, 0.1) is 5.60 Å². The van der Waals surface area contributed by atoms with E-state index < -0.39 is 17.2 Å². The Morgan fingerprint density at radius 3 is 2.50 bits per heavy atom. The Kier molecular flexibility index (Phi) is 3.10. The van der Waals surface area contributed by atoms with E-state index in [1.54, 1.807) is 0 Å². The summed E-state index contributed by atoms with van der Waals surface area (Å²) in [5, 5.41) is 11.5. The van der Waals surface area contributed by atoms with E-state index in [0.29, 0.717) is 23.3 Å². The third-order valence-corrected chi connectivity index (χ3v) is 5.60. The van der Waals surface area contributed by atoms with Crippen molar-refractivity contribution < 1.29 is 13.9 Å². The van der Waals surface area contributed by atoms with E-state index in [0.717, 1.165) is 18.9 Å². The van der Waals surface area contributed by atoms with Gasteiger partial charge in [0.15, 0.2) is 11.6 Å². The molecule has 1 nitrogen and oxygen atoms in total. The monoisotopic (exact) mass is 270 g/mol. The quantitative estimate of drug-likeness (QED) is 0.841. The lowest BCUT2D eigenvalue weighted by Gasteiger charge is -2.44. The average molecular weight is 270 g/mol. The van der Waals surface area contributed by atoms with Crippen molar-refractivity contribution >= 4 is 11.8 Å². The lowest BCUT2D eigenvalue weighted by atomic mass is 9.80. The van der Waals surface area contributed by atoms with Gasteiger partial charge in [0.1, 0.15) is 0 Å². The highest BCUT2D eigenvalue weighted by Gasteiger charge is 2.44. The molecule has 2 atom stereocenters. The molecule has 2 saturated heterocycles. The SMILES string of the molecule is OC1(c2cccc(F)c2F)CC2CCCC(C1)S2. The molecule has 98 valence electrons. The van der Waals surface area contributed by atoms with E-state index in [4.69, 9.17) is 0 Å². The van der Waals surface area contributed by atoms with E-state index in [9.17, 15) is 13.9 Å². The Labute approximate surface area is 110 Å². The minimum Gasteiger partial charge on any atom is -0.385 e. The van der Waals surface area contributed by atoms with Gasteiger partial charge in [0.25, 0.3) is 0 Å². The lowest BCUT2D eigenvalue weighted by molar-refractivity contribution is 0.00435. The van der Waals surface area contributed by atoms with Gasteiger partial charge in [-0.25, -0.2) is 8.78 Å². The summed E-state index contributed by atoms with van der Waals surface area (Å²) in [5.74, 6) is -1.76. The van der Waals surface area contributed by atoms with Gasteiger partial charge in [0, 0.05) is 16.1 Å². The molecule has 0 aliphatic carbocycles. The largest absolute Gasteiger partial charge is 0.385 e. The zero-order chi connectivity index (χ0) is 12.8. The molecule has 2 aliphatic rings. The molecule has 1 aromatic carbocycles. The normalized spacial score (nSPS) is 35.5. The first-order chi connectivity index (χ1) is 8.58. The summed E-state index contributed by atoms with van der Waals surface area (Å²) in [6, 6.07) is 4.09. The zero-order valence-corrected chi connectivity index (χ0v) is 10.9. The molecule has 2 heterocycles. The highest BCUT2D eigenvalue weighted by molar-refractivity contribution is 8.00. The standard InChI is InChI=1S/C14H16F2OS/c15-12-6-2-5-11(13(12)16)14(17)7-9-3-1-4-10(8-14)18-9/h2,5-6,9-10,17H,1,3-4,7-8H2. The first-order valence-electron chi connectivity index (χ1n) is 6.41. The Morgan fingerprint density at radius 2 is 1.83 bits per heavy atom. The van der Waals surface area contributed by atoms with Crippen LogP contribution in [0.5, 0.6) is 0 Å². The van der Waals surface area contributed by atoms with Gasteiger partial charge in [-0.3, -0.25) is 0 Å². The summed E-state index contributed by atoms with van der Waals surface area (Å²) in [6.45, 7) is 0. The van der Waals surface area contributed by atoms with Gasteiger partial charge >= 0.3 is 0 Å². The molecule has 18 heavy (non-hydrogen) atoms. The van der Waals surface area contributed by atoms with Crippen LogP contribution in [0.1, 0.15) is 37.7 Å². The van der Waals surface area contributed by atoms with Crippen LogP contribution in [0.25, 0.3) is 0 Å². The van der Waals surface area contributed by atoms with Crippen LogP contribution in [-0.4, -0.2) is 15.6 Å². The topological polar surface area (TPSA) is 20.2 Å². The molecule has 4 heteroatoms. The van der Waals surface area contributed by atoms with Gasteiger partial charge in [-0.2, -0.15) is 11.8 Å². The second-order valence-corrected chi connectivity index (χ2v) is 6.96. The molecule has 1 N–H and O–H groups in total. The van der Waals surface area contributed by atoms with Crippen LogP contribution >= 0.6 is 11.8 Å². The molecule has 0 spiro atoms. The van der Waals surface area contributed by atoms with E-state index in [1.165, 1.54) is 18.6 Å². The molecule has 2 unspecified atom stereocenters. The van der Waals surface area contributed by atoms with Crippen LogP contribution in [0.3, 0.4) is 0 Å². The Balaban J connectivity index is 1.96. The number of rotatable bonds is 1. The summed E-state index contributed by atoms with van der Waals surface area (Å²) in [6.07, 6.45) is 4.40. The molecule has 2 aliphatic heterocycles. The van der Waals surface area contributed by atoms with E-state index in [2.05, 4.69) is 0 Å². The summed E-state index contributed by atoms with van der Waals surface area (Å²) in [5.41, 5.74) is -1.05. The second-order valence-electron chi connectivity index (χ2n) is 5.35. The second kappa shape index (κ2) is 4.49. The molecule has 2 fully saturated rings. The van der Waals surface area contributed by atoms with Crippen LogP contribution in [0, 0.1) is 11.6 Å². The fraction of sp³-hybridized carbons (Fsp3) is 0.571. The van der Waals surface area contributed by atoms with Crippen LogP contribution in [0.2, 0.25) is 0 Å². The van der Waals surface area contributed by atoms with E-state index >= 15 is 0 Å². The molecule has 0 amide bonds. The Morgan fingerprint density at radius 1 is 1.17 bits per heavy atom. The predicted molar refractivity (Wildman–Crippen MR) is 68.5 cm³/mol. The molecule has 0 radical (unpaired) electrons. The molecule has 2 bridgehead atoms. The van der Waals surface area contributed by atoms with Crippen molar-refractivity contribution in [2.45, 2.75) is 48.2 Å². The van der Waals surface area contributed by atoms with Gasteiger partial charge in [-0.15, -0.1) is 0 Å². The van der Waals surface area contributed by atoms with E-state index in [1.807, 2.05) is 11.8 Å². The van der Waals surface area contributed by atoms with Gasteiger partial charge < -0.3 is 5.11 Å². The van der Waals surface area contributed by atoms with Crippen molar-refractivity contribution in [3.05, 3.63) is 35.4 Å². The molecular weight excluding hydrogens is 254 g/mol. The number of aliphatic hydroxyl groups is 1. The number of hydrogen-bond acceptors (Lipinski definition) is 2. The fourth-order valence-electron chi connectivity index (χ4n) is 3.20. The minimum absolute atomic E-state index is 0.139. The number of hydrogen-bond donors (Lipinski definition) is 1. The van der Waals surface area contributed by atoms with Crippen molar-refractivity contribution in [3.8, 4) is 0 Å². The average Bonchev–Trinajstić information content (AvgIpc) is 2.32. The van der Waals surface area contributed by atoms with Crippen molar-refractivity contribution in [2.24, 2.45) is 0 Å². The number of thioether (sulfide) groups is 1. The summed E-state index contributed by atoms with van der Waals surface area (Å²) < 4.78 is 27.2. The maximum atomic E-state index is 13.9. The van der Waals surface area contributed by atoms with Crippen molar-refractivity contribution in [2.75, 3.05) is 0 Å². The number of benzene rings is 1. The molecular formula is C14H16F2OS. The lowest BCUT2D eigenvalue weighted by Crippen LogP contribution is -2.41. The number of fused-ring (bicyclic) bond motifs is 2. The number of halogens is 2. The van der Waals surface area contributed by atoms with E-state index in [-0.39, 0.29) is 5.56 Å². The first kappa shape index (κ1) is 12.4. The Hall–Kier alpha value is -0.610. The Bertz CT molecular complexity index is 451. The highest BCUT2D eigenvalue weighted by atomic mass is 32.2. The van der Waals surface area contributed by atoms with Crippen molar-refractivity contribution in [3.63, 3.8) is 0 Å². The summed E-state index contributed by atoms with van der Waals surface area (Å²) in [7, 11) is 0.